The maximum absolute atomic E-state index is 13.7. The molecule has 0 spiro atoms. The molecule has 7 heteroatoms. The Hall–Kier alpha value is -3.01. The van der Waals surface area contributed by atoms with Gasteiger partial charge in [0.15, 0.2) is 0 Å². The highest BCUT2D eigenvalue weighted by Gasteiger charge is 2.36. The lowest BCUT2D eigenvalue weighted by Crippen LogP contribution is -2.52. The minimum Gasteiger partial charge on any atom is -0.444 e. The first-order valence-corrected chi connectivity index (χ1v) is 12.4. The molecule has 2 N–H and O–H groups in total. The molecule has 0 aliphatic rings. The highest BCUT2D eigenvalue weighted by molar-refractivity contribution is 5.93. The topological polar surface area (TPSA) is 87.7 Å². The number of rotatable bonds is 11. The Morgan fingerprint density at radius 1 is 1.14 bits per heavy atom. The van der Waals surface area contributed by atoms with E-state index in [0.717, 1.165) is 35.3 Å². The molecule has 2 atom stereocenters. The molecule has 35 heavy (non-hydrogen) atoms. The molecule has 7 nitrogen and oxygen atoms in total. The van der Waals surface area contributed by atoms with Crippen LogP contribution in [0.2, 0.25) is 0 Å². The fraction of sp³-hybridized carbons (Fsp3) is 0.607. The molecule has 0 aliphatic heterocycles. The van der Waals surface area contributed by atoms with E-state index < -0.39 is 29.7 Å². The summed E-state index contributed by atoms with van der Waals surface area (Å²) in [5, 5.41) is 5.61. The summed E-state index contributed by atoms with van der Waals surface area (Å²) in [6, 6.07) is 6.08. The lowest BCUT2D eigenvalue weighted by atomic mass is 9.94. The first kappa shape index (κ1) is 30.0. The van der Waals surface area contributed by atoms with E-state index in [2.05, 4.69) is 23.6 Å². The van der Waals surface area contributed by atoms with E-state index in [-0.39, 0.29) is 11.8 Å². The van der Waals surface area contributed by atoms with Gasteiger partial charge in [-0.15, -0.1) is 0 Å². The van der Waals surface area contributed by atoms with Gasteiger partial charge >= 0.3 is 6.09 Å². The number of carbonyl (C=O) groups excluding carboxylic acids is 3. The van der Waals surface area contributed by atoms with Crippen molar-refractivity contribution < 1.29 is 19.1 Å². The van der Waals surface area contributed by atoms with E-state index in [9.17, 15) is 14.4 Å². The van der Waals surface area contributed by atoms with Crippen LogP contribution in [0.15, 0.2) is 18.2 Å². The Labute approximate surface area is 211 Å². The van der Waals surface area contributed by atoms with Gasteiger partial charge in [0.2, 0.25) is 5.91 Å². The third kappa shape index (κ3) is 9.64. The zero-order chi connectivity index (χ0) is 26.8. The van der Waals surface area contributed by atoms with Crippen molar-refractivity contribution in [3.05, 3.63) is 34.9 Å². The van der Waals surface area contributed by atoms with E-state index in [1.54, 1.807) is 20.8 Å². The molecular formula is C28H43N3O4. The van der Waals surface area contributed by atoms with E-state index in [1.807, 2.05) is 45.9 Å². The Morgan fingerprint density at radius 3 is 2.34 bits per heavy atom. The second-order valence-electron chi connectivity index (χ2n) is 10.4. The number of benzene rings is 1. The maximum atomic E-state index is 13.7. The molecule has 0 saturated heterocycles. The number of alkyl carbamates (subject to hydrolysis) is 1. The molecule has 1 aromatic carbocycles. The van der Waals surface area contributed by atoms with Gasteiger partial charge in [-0.1, -0.05) is 58.2 Å². The van der Waals surface area contributed by atoms with Crippen LogP contribution in [0.1, 0.15) is 90.0 Å². The number of hydrogen-bond acceptors (Lipinski definition) is 4. The highest BCUT2D eigenvalue weighted by atomic mass is 16.6. The molecular weight excluding hydrogens is 442 g/mol. The summed E-state index contributed by atoms with van der Waals surface area (Å²) in [5.74, 6) is -0.788. The van der Waals surface area contributed by atoms with E-state index >= 15 is 0 Å². The number of hydrogen-bond donors (Lipinski definition) is 2. The smallest absolute Gasteiger partial charge is 0.408 e. The zero-order valence-electron chi connectivity index (χ0n) is 22.7. The number of nitrogens with one attached hydrogen (secondary N) is 2. The summed E-state index contributed by atoms with van der Waals surface area (Å²) >= 11 is 0. The Morgan fingerprint density at radius 2 is 1.80 bits per heavy atom. The van der Waals surface area contributed by atoms with Crippen LogP contribution in [0.3, 0.4) is 0 Å². The van der Waals surface area contributed by atoms with Crippen LogP contribution >= 0.6 is 0 Å². The summed E-state index contributed by atoms with van der Waals surface area (Å²) in [4.78, 5) is 40.8. The summed E-state index contributed by atoms with van der Waals surface area (Å²) in [5.41, 5.74) is 1.81. The molecule has 1 rings (SSSR count). The summed E-state index contributed by atoms with van der Waals surface area (Å²) in [6.45, 7) is 15.6. The minimum absolute atomic E-state index is 0.0838. The van der Waals surface area contributed by atoms with Crippen molar-refractivity contribution in [2.75, 3.05) is 6.54 Å². The summed E-state index contributed by atoms with van der Waals surface area (Å²) in [6.07, 6.45) is 8.33. The Balaban J connectivity index is 3.38. The van der Waals surface area contributed by atoms with E-state index in [1.165, 1.54) is 0 Å². The fourth-order valence-corrected chi connectivity index (χ4v) is 3.73. The maximum Gasteiger partial charge on any atom is 0.408 e. The third-order valence-corrected chi connectivity index (χ3v) is 5.60. The Bertz CT molecular complexity index is 912. The van der Waals surface area contributed by atoms with E-state index in [0.29, 0.717) is 18.5 Å². The van der Waals surface area contributed by atoms with Gasteiger partial charge in [0, 0.05) is 12.6 Å². The van der Waals surface area contributed by atoms with Crippen LogP contribution < -0.4 is 10.6 Å². The first-order valence-electron chi connectivity index (χ1n) is 12.4. The minimum atomic E-state index is -1.02. The highest BCUT2D eigenvalue weighted by Crippen LogP contribution is 2.27. The SMILES string of the molecule is C#CN(C(=O)C(CC(C)C)NC(=O)OC(C)(C)C)C(C(=O)NCCCCC)c1cccc(C)c1C. The Kier molecular flexibility index (Phi) is 11.8. The third-order valence-electron chi connectivity index (χ3n) is 5.60. The lowest BCUT2D eigenvalue weighted by molar-refractivity contribution is -0.138. The molecule has 0 radical (unpaired) electrons. The van der Waals surface area contributed by atoms with Crippen molar-refractivity contribution >= 4 is 17.9 Å². The second-order valence-corrected chi connectivity index (χ2v) is 10.4. The van der Waals surface area contributed by atoms with Gasteiger partial charge < -0.3 is 15.4 Å². The predicted octanol–water partition coefficient (Wildman–Crippen LogP) is 5.01. The molecule has 0 aromatic heterocycles. The van der Waals surface area contributed by atoms with Crippen LogP contribution in [0.25, 0.3) is 0 Å². The zero-order valence-corrected chi connectivity index (χ0v) is 22.7. The van der Waals surface area contributed by atoms with Crippen molar-refractivity contribution in [3.8, 4) is 12.5 Å². The van der Waals surface area contributed by atoms with Crippen molar-refractivity contribution in [1.29, 1.82) is 0 Å². The second kappa shape index (κ2) is 13.8. The largest absolute Gasteiger partial charge is 0.444 e. The van der Waals surface area contributed by atoms with Crippen molar-refractivity contribution in [3.63, 3.8) is 0 Å². The average Bonchev–Trinajstić information content (AvgIpc) is 2.74. The molecule has 0 aliphatic carbocycles. The molecule has 2 unspecified atom stereocenters. The van der Waals surface area contributed by atoms with Crippen LogP contribution in [0.5, 0.6) is 0 Å². The summed E-state index contributed by atoms with van der Waals surface area (Å²) < 4.78 is 5.37. The fourth-order valence-electron chi connectivity index (χ4n) is 3.73. The molecule has 3 amide bonds. The lowest BCUT2D eigenvalue weighted by Gasteiger charge is -2.32. The molecule has 194 valence electrons. The van der Waals surface area contributed by atoms with Crippen LogP contribution in [-0.4, -0.2) is 41.0 Å². The van der Waals surface area contributed by atoms with Crippen molar-refractivity contribution in [1.82, 2.24) is 15.5 Å². The number of nitrogens with zero attached hydrogens (tertiary/aromatic N) is 1. The summed E-state index contributed by atoms with van der Waals surface area (Å²) in [7, 11) is 0. The number of carbonyl (C=O) groups is 3. The monoisotopic (exact) mass is 485 g/mol. The van der Waals surface area contributed by atoms with Gasteiger partial charge in [0.25, 0.3) is 5.91 Å². The first-order chi connectivity index (χ1) is 16.3. The van der Waals surface area contributed by atoms with E-state index in [4.69, 9.17) is 11.2 Å². The normalized spacial score (nSPS) is 12.9. The average molecular weight is 486 g/mol. The standard InChI is InChI=1S/C28H43N3O4/c1-10-12-13-17-29-25(32)24(22-16-14-15-20(5)21(22)6)31(11-2)26(33)23(18-19(3)4)30-27(34)35-28(7,8)9/h2,14-16,19,23-24H,10,12-13,17-18H2,1,3-9H3,(H,29,32)(H,30,34). The van der Waals surface area contributed by atoms with Gasteiger partial charge in [-0.2, -0.15) is 0 Å². The van der Waals surface area contributed by atoms with Crippen LogP contribution in [0.4, 0.5) is 4.79 Å². The predicted molar refractivity (Wildman–Crippen MR) is 139 cm³/mol. The number of unbranched alkanes of at least 4 members (excludes halogenated alkanes) is 2. The van der Waals surface area contributed by atoms with Gasteiger partial charge in [-0.3, -0.25) is 14.5 Å². The molecule has 0 saturated carbocycles. The quantitative estimate of drug-likeness (QED) is 0.262. The number of terminal acetylenes is 1. The van der Waals surface area contributed by atoms with Crippen molar-refractivity contribution in [2.45, 2.75) is 98.8 Å². The van der Waals surface area contributed by atoms with Gasteiger partial charge in [0.1, 0.15) is 17.7 Å². The van der Waals surface area contributed by atoms with Gasteiger partial charge in [-0.05, 0) is 70.1 Å². The number of amides is 3. The molecule has 1 aromatic rings. The van der Waals surface area contributed by atoms with Gasteiger partial charge in [-0.25, -0.2) is 4.79 Å². The van der Waals surface area contributed by atoms with Gasteiger partial charge in [0.05, 0.1) is 0 Å². The molecule has 0 bridgehead atoms. The van der Waals surface area contributed by atoms with Crippen molar-refractivity contribution in [2.24, 2.45) is 5.92 Å². The number of aryl methyl sites for hydroxylation is 1. The van der Waals surface area contributed by atoms with Crippen LogP contribution in [-0.2, 0) is 14.3 Å². The molecule has 0 fully saturated rings. The number of ether oxygens (including phenoxy) is 1. The van der Waals surface area contributed by atoms with Crippen LogP contribution in [0, 0.1) is 32.2 Å². The molecule has 0 heterocycles.